The van der Waals surface area contributed by atoms with Gasteiger partial charge in [-0.15, -0.1) is 0 Å². The zero-order valence-electron chi connectivity index (χ0n) is 29.9. The van der Waals surface area contributed by atoms with Gasteiger partial charge in [0.25, 0.3) is 0 Å². The number of nitrogens with zero attached hydrogens (tertiary/aromatic N) is 3. The van der Waals surface area contributed by atoms with Crippen molar-refractivity contribution >= 4 is 54.3 Å². The van der Waals surface area contributed by atoms with E-state index < -0.39 is 0 Å². The van der Waals surface area contributed by atoms with Gasteiger partial charge in [-0.2, -0.15) is 0 Å². The van der Waals surface area contributed by atoms with Crippen LogP contribution in [0.5, 0.6) is 0 Å². The van der Waals surface area contributed by atoms with Crippen molar-refractivity contribution in [2.24, 2.45) is 0 Å². The topological polar surface area (TPSA) is 30.7 Å². The quantitative estimate of drug-likeness (QED) is 0.179. The minimum absolute atomic E-state index is 0.697. The van der Waals surface area contributed by atoms with Crippen LogP contribution in [0.15, 0.2) is 200 Å². The Morgan fingerprint density at radius 2 is 0.927 bits per heavy atom. The average molecular weight is 700 g/mol. The molecule has 0 aliphatic heterocycles. The Hall–Kier alpha value is -7.36. The SMILES string of the molecule is c1ccc(-c2cc3c(-c4ccccc4)nc(-c4ccc(-n5c6ccccc6c6cc7ccccc7cc65)cc4)nc3cc2-c2ccc3ccccc3c2)cc1. The normalized spacial score (nSPS) is 11.6. The summed E-state index contributed by atoms with van der Waals surface area (Å²) in [5.41, 5.74) is 11.9. The van der Waals surface area contributed by atoms with E-state index in [-0.39, 0.29) is 0 Å². The van der Waals surface area contributed by atoms with Crippen molar-refractivity contribution in [2.45, 2.75) is 0 Å². The van der Waals surface area contributed by atoms with Gasteiger partial charge in [0.15, 0.2) is 5.82 Å². The largest absolute Gasteiger partial charge is 0.309 e. The van der Waals surface area contributed by atoms with E-state index >= 15 is 0 Å². The molecular weight excluding hydrogens is 667 g/mol. The van der Waals surface area contributed by atoms with E-state index in [9.17, 15) is 0 Å². The number of aromatic nitrogens is 3. The van der Waals surface area contributed by atoms with Gasteiger partial charge < -0.3 is 4.57 Å². The fourth-order valence-electron chi connectivity index (χ4n) is 8.27. The lowest BCUT2D eigenvalue weighted by Gasteiger charge is -2.16. The molecule has 0 spiro atoms. The molecule has 11 rings (SSSR count). The predicted octanol–water partition coefficient (Wildman–Crippen LogP) is 13.7. The zero-order valence-corrected chi connectivity index (χ0v) is 29.9. The van der Waals surface area contributed by atoms with Crippen molar-refractivity contribution < 1.29 is 0 Å². The molecule has 9 aromatic carbocycles. The van der Waals surface area contributed by atoms with Crippen molar-refractivity contribution in [1.29, 1.82) is 0 Å². The van der Waals surface area contributed by atoms with Crippen LogP contribution in [0.4, 0.5) is 0 Å². The molecule has 3 heteroatoms. The fourth-order valence-corrected chi connectivity index (χ4v) is 8.27. The summed E-state index contributed by atoms with van der Waals surface area (Å²) in [6.07, 6.45) is 0. The Morgan fingerprint density at radius 1 is 0.327 bits per heavy atom. The maximum Gasteiger partial charge on any atom is 0.160 e. The van der Waals surface area contributed by atoms with Gasteiger partial charge >= 0.3 is 0 Å². The molecule has 0 saturated heterocycles. The van der Waals surface area contributed by atoms with E-state index in [0.717, 1.165) is 55.7 Å². The molecule has 0 bridgehead atoms. The van der Waals surface area contributed by atoms with Crippen molar-refractivity contribution in [2.75, 3.05) is 0 Å². The first-order valence-corrected chi connectivity index (χ1v) is 18.7. The molecule has 3 nitrogen and oxygen atoms in total. The summed E-state index contributed by atoms with van der Waals surface area (Å²) < 4.78 is 2.37. The van der Waals surface area contributed by atoms with E-state index in [4.69, 9.17) is 9.97 Å². The molecule has 0 amide bonds. The molecule has 2 aromatic heterocycles. The van der Waals surface area contributed by atoms with Crippen LogP contribution in [0.1, 0.15) is 0 Å². The maximum absolute atomic E-state index is 5.33. The predicted molar refractivity (Wildman–Crippen MR) is 231 cm³/mol. The first-order chi connectivity index (χ1) is 27.2. The maximum atomic E-state index is 5.33. The fraction of sp³-hybridized carbons (Fsp3) is 0. The second-order valence-corrected chi connectivity index (χ2v) is 14.2. The standard InChI is InChI=1S/C52H33N3/c1-3-14-35(15-4-1)44-32-47-48(33-45(44)41-24-23-34-13-7-8-18-38(34)29-41)53-52(54-51(47)36-16-5-2-6-17-36)37-25-27-42(28-26-37)55-49-22-12-11-21-43(49)46-30-39-19-9-10-20-40(39)31-50(46)55/h1-33H. The lowest BCUT2D eigenvalue weighted by molar-refractivity contribution is 1.17. The lowest BCUT2D eigenvalue weighted by Crippen LogP contribution is -1.98. The van der Waals surface area contributed by atoms with E-state index in [0.29, 0.717) is 5.82 Å². The van der Waals surface area contributed by atoms with Crippen LogP contribution >= 0.6 is 0 Å². The van der Waals surface area contributed by atoms with Crippen molar-refractivity contribution in [3.63, 3.8) is 0 Å². The van der Waals surface area contributed by atoms with Gasteiger partial charge in [0, 0.05) is 33.0 Å². The number of hydrogen-bond donors (Lipinski definition) is 0. The van der Waals surface area contributed by atoms with Crippen LogP contribution < -0.4 is 0 Å². The molecule has 11 aromatic rings. The highest BCUT2D eigenvalue weighted by Crippen LogP contribution is 2.40. The second kappa shape index (κ2) is 12.6. The molecular formula is C52H33N3. The average Bonchev–Trinajstić information content (AvgIpc) is 3.58. The van der Waals surface area contributed by atoms with E-state index in [1.807, 2.05) is 0 Å². The van der Waals surface area contributed by atoms with Gasteiger partial charge in [-0.1, -0.05) is 140 Å². The lowest BCUT2D eigenvalue weighted by atomic mass is 9.90. The van der Waals surface area contributed by atoms with Crippen LogP contribution in [-0.2, 0) is 0 Å². The third-order valence-corrected chi connectivity index (χ3v) is 11.0. The van der Waals surface area contributed by atoms with Crippen LogP contribution in [0.25, 0.3) is 105 Å². The summed E-state index contributed by atoms with van der Waals surface area (Å²) in [7, 11) is 0. The van der Waals surface area contributed by atoms with Crippen LogP contribution in [0.3, 0.4) is 0 Å². The monoisotopic (exact) mass is 699 g/mol. The molecule has 0 atom stereocenters. The van der Waals surface area contributed by atoms with Gasteiger partial charge in [0.2, 0.25) is 0 Å². The summed E-state index contributed by atoms with van der Waals surface area (Å²) in [4.78, 5) is 10.7. The minimum Gasteiger partial charge on any atom is -0.309 e. The molecule has 0 saturated carbocycles. The van der Waals surface area contributed by atoms with Gasteiger partial charge in [-0.3, -0.25) is 0 Å². The summed E-state index contributed by atoms with van der Waals surface area (Å²) in [6, 6.07) is 71.6. The highest BCUT2D eigenvalue weighted by Gasteiger charge is 2.18. The number of rotatable bonds is 5. The highest BCUT2D eigenvalue weighted by atomic mass is 15.0. The molecule has 0 N–H and O–H groups in total. The van der Waals surface area contributed by atoms with Crippen LogP contribution in [0, 0.1) is 0 Å². The van der Waals surface area contributed by atoms with Gasteiger partial charge in [0.05, 0.1) is 22.2 Å². The Labute approximate surface area is 318 Å². The van der Waals surface area contributed by atoms with Crippen LogP contribution in [-0.4, -0.2) is 14.5 Å². The third-order valence-electron chi connectivity index (χ3n) is 11.0. The summed E-state index contributed by atoms with van der Waals surface area (Å²) in [6.45, 7) is 0. The van der Waals surface area contributed by atoms with E-state index in [1.165, 1.54) is 43.4 Å². The number of benzene rings is 9. The zero-order chi connectivity index (χ0) is 36.3. The van der Waals surface area contributed by atoms with Crippen molar-refractivity contribution in [3.8, 4) is 50.6 Å². The van der Waals surface area contributed by atoms with Crippen molar-refractivity contribution in [3.05, 3.63) is 200 Å². The highest BCUT2D eigenvalue weighted by molar-refractivity contribution is 6.13. The number of para-hydroxylation sites is 1. The first-order valence-electron chi connectivity index (χ1n) is 18.7. The second-order valence-electron chi connectivity index (χ2n) is 14.2. The summed E-state index contributed by atoms with van der Waals surface area (Å²) in [5.74, 6) is 0.697. The number of fused-ring (bicyclic) bond motifs is 6. The summed E-state index contributed by atoms with van der Waals surface area (Å²) in [5, 5.41) is 8.43. The third kappa shape index (κ3) is 5.28. The smallest absolute Gasteiger partial charge is 0.160 e. The van der Waals surface area contributed by atoms with Gasteiger partial charge in [-0.05, 0) is 104 Å². The van der Waals surface area contributed by atoms with Gasteiger partial charge in [-0.25, -0.2) is 9.97 Å². The molecule has 2 heterocycles. The molecule has 0 aliphatic carbocycles. The Kier molecular flexibility index (Phi) is 7.17. The van der Waals surface area contributed by atoms with E-state index in [1.54, 1.807) is 0 Å². The number of hydrogen-bond acceptors (Lipinski definition) is 2. The Bertz CT molecular complexity index is 3230. The molecule has 256 valence electrons. The summed E-state index contributed by atoms with van der Waals surface area (Å²) >= 11 is 0. The molecule has 0 aliphatic rings. The molecule has 0 fully saturated rings. The van der Waals surface area contributed by atoms with Crippen LogP contribution in [0.2, 0.25) is 0 Å². The van der Waals surface area contributed by atoms with E-state index in [2.05, 4.69) is 205 Å². The Morgan fingerprint density at radius 3 is 1.69 bits per heavy atom. The molecule has 0 radical (unpaired) electrons. The minimum atomic E-state index is 0.697. The van der Waals surface area contributed by atoms with Crippen molar-refractivity contribution in [1.82, 2.24) is 14.5 Å². The first kappa shape index (κ1) is 31.2. The van der Waals surface area contributed by atoms with Gasteiger partial charge in [0.1, 0.15) is 0 Å². The molecule has 0 unspecified atom stereocenters. The molecule has 55 heavy (non-hydrogen) atoms. The Balaban J connectivity index is 1.11.